The molecular formula is C17H27N3O6. The summed E-state index contributed by atoms with van der Waals surface area (Å²) >= 11 is 0. The molecule has 2 aliphatic heterocycles. The van der Waals surface area contributed by atoms with Crippen molar-refractivity contribution >= 4 is 24.0 Å². The van der Waals surface area contributed by atoms with Gasteiger partial charge in [-0.05, 0) is 40.5 Å². The highest BCUT2D eigenvalue weighted by molar-refractivity contribution is 5.98. The first-order valence-corrected chi connectivity index (χ1v) is 8.86. The lowest BCUT2D eigenvalue weighted by atomic mass is 9.97. The number of piperidine rings is 1. The van der Waals surface area contributed by atoms with Gasteiger partial charge in [0.1, 0.15) is 5.60 Å². The Morgan fingerprint density at radius 2 is 1.77 bits per heavy atom. The molecule has 1 atom stereocenters. The number of nitrogens with zero attached hydrogens (tertiary/aromatic N) is 2. The number of likely N-dealkylation sites (tertiary alicyclic amines) is 1. The van der Waals surface area contributed by atoms with E-state index < -0.39 is 35.7 Å². The van der Waals surface area contributed by atoms with Gasteiger partial charge in [-0.3, -0.25) is 14.5 Å². The van der Waals surface area contributed by atoms with E-state index in [1.807, 2.05) is 0 Å². The third kappa shape index (κ3) is 5.09. The standard InChI is InChI=1S/C17H27N3O6/c1-11(13(21)20-10-7-18-15(20)23)25-14(22)12-5-8-19(9-6-12)16(24)26-17(2,3)4/h11-12H,5-10H2,1-4H3,(H,18,23)/t11-/m1/s1. The lowest BCUT2D eigenvalue weighted by molar-refractivity contribution is -0.162. The zero-order valence-electron chi connectivity index (χ0n) is 15.7. The van der Waals surface area contributed by atoms with Crippen molar-refractivity contribution in [3.05, 3.63) is 0 Å². The lowest BCUT2D eigenvalue weighted by Crippen LogP contribution is -2.45. The maximum Gasteiger partial charge on any atom is 0.410 e. The van der Waals surface area contributed by atoms with Crippen molar-refractivity contribution in [2.45, 2.75) is 52.2 Å². The topological polar surface area (TPSA) is 105 Å². The molecule has 146 valence electrons. The molecule has 0 aromatic heterocycles. The van der Waals surface area contributed by atoms with Crippen LogP contribution in [-0.2, 0) is 19.1 Å². The van der Waals surface area contributed by atoms with Crippen LogP contribution in [0.15, 0.2) is 0 Å². The number of carbonyl (C=O) groups is 4. The molecule has 2 saturated heterocycles. The highest BCUT2D eigenvalue weighted by Crippen LogP contribution is 2.21. The molecule has 2 heterocycles. The number of ether oxygens (including phenoxy) is 2. The molecule has 9 nitrogen and oxygen atoms in total. The fraction of sp³-hybridized carbons (Fsp3) is 0.765. The van der Waals surface area contributed by atoms with Crippen molar-refractivity contribution in [3.8, 4) is 0 Å². The number of hydrogen-bond acceptors (Lipinski definition) is 6. The minimum Gasteiger partial charge on any atom is -0.452 e. The summed E-state index contributed by atoms with van der Waals surface area (Å²) in [5, 5.41) is 2.53. The van der Waals surface area contributed by atoms with Crippen LogP contribution in [0.3, 0.4) is 0 Å². The van der Waals surface area contributed by atoms with E-state index in [9.17, 15) is 19.2 Å². The van der Waals surface area contributed by atoms with E-state index in [0.717, 1.165) is 4.90 Å². The summed E-state index contributed by atoms with van der Waals surface area (Å²) in [7, 11) is 0. The summed E-state index contributed by atoms with van der Waals surface area (Å²) in [6.45, 7) is 8.32. The lowest BCUT2D eigenvalue weighted by Gasteiger charge is -2.33. The summed E-state index contributed by atoms with van der Waals surface area (Å²) in [5.74, 6) is -1.38. The summed E-state index contributed by atoms with van der Waals surface area (Å²) in [6, 6.07) is -0.469. The third-order valence-electron chi connectivity index (χ3n) is 4.24. The molecule has 0 saturated carbocycles. The smallest absolute Gasteiger partial charge is 0.410 e. The van der Waals surface area contributed by atoms with Crippen molar-refractivity contribution in [2.75, 3.05) is 26.2 Å². The van der Waals surface area contributed by atoms with Gasteiger partial charge in [0.25, 0.3) is 5.91 Å². The first-order valence-electron chi connectivity index (χ1n) is 8.86. The summed E-state index contributed by atoms with van der Waals surface area (Å²) in [5.41, 5.74) is -0.565. The van der Waals surface area contributed by atoms with E-state index in [4.69, 9.17) is 9.47 Å². The molecule has 0 aromatic rings. The van der Waals surface area contributed by atoms with Crippen LogP contribution in [0, 0.1) is 5.92 Å². The van der Waals surface area contributed by atoms with Crippen LogP contribution >= 0.6 is 0 Å². The second-order valence-electron chi connectivity index (χ2n) is 7.54. The van der Waals surface area contributed by atoms with Crippen LogP contribution in [0.4, 0.5) is 9.59 Å². The quantitative estimate of drug-likeness (QED) is 0.748. The predicted octanol–water partition coefficient (Wildman–Crippen LogP) is 1.12. The van der Waals surface area contributed by atoms with Crippen molar-refractivity contribution in [1.82, 2.24) is 15.1 Å². The maximum atomic E-state index is 12.3. The number of urea groups is 1. The monoisotopic (exact) mass is 369 g/mol. The van der Waals surface area contributed by atoms with Crippen LogP contribution in [0.25, 0.3) is 0 Å². The van der Waals surface area contributed by atoms with Crippen LogP contribution in [0.5, 0.6) is 0 Å². The number of esters is 1. The fourth-order valence-corrected chi connectivity index (χ4v) is 2.85. The van der Waals surface area contributed by atoms with Crippen LogP contribution in [-0.4, -0.2) is 71.7 Å². The van der Waals surface area contributed by atoms with Gasteiger partial charge in [-0.25, -0.2) is 9.59 Å². The Morgan fingerprint density at radius 1 is 1.15 bits per heavy atom. The second-order valence-corrected chi connectivity index (χ2v) is 7.54. The largest absolute Gasteiger partial charge is 0.452 e. The average Bonchev–Trinajstić information content (AvgIpc) is 2.98. The third-order valence-corrected chi connectivity index (χ3v) is 4.24. The predicted molar refractivity (Wildman–Crippen MR) is 91.2 cm³/mol. The molecule has 4 amide bonds. The zero-order valence-corrected chi connectivity index (χ0v) is 15.7. The molecule has 0 bridgehead atoms. The van der Waals surface area contributed by atoms with E-state index in [-0.39, 0.29) is 12.5 Å². The summed E-state index contributed by atoms with van der Waals surface area (Å²) in [6.07, 6.45) is -0.519. The van der Waals surface area contributed by atoms with Crippen LogP contribution in [0.1, 0.15) is 40.5 Å². The molecule has 0 spiro atoms. The van der Waals surface area contributed by atoms with Crippen molar-refractivity contribution < 1.29 is 28.7 Å². The highest BCUT2D eigenvalue weighted by atomic mass is 16.6. The highest BCUT2D eigenvalue weighted by Gasteiger charge is 2.35. The van der Waals surface area contributed by atoms with Gasteiger partial charge in [0.15, 0.2) is 6.10 Å². The summed E-state index contributed by atoms with van der Waals surface area (Å²) < 4.78 is 10.6. The van der Waals surface area contributed by atoms with E-state index in [0.29, 0.717) is 32.5 Å². The Hall–Kier alpha value is -2.32. The van der Waals surface area contributed by atoms with Gasteiger partial charge in [-0.2, -0.15) is 0 Å². The molecule has 2 rings (SSSR count). The van der Waals surface area contributed by atoms with Gasteiger partial charge < -0.3 is 19.7 Å². The van der Waals surface area contributed by atoms with Gasteiger partial charge >= 0.3 is 18.1 Å². The Labute approximate surface area is 153 Å². The normalized spacial score (nSPS) is 19.8. The molecule has 2 fully saturated rings. The molecule has 0 aromatic carbocycles. The number of carbonyl (C=O) groups excluding carboxylic acids is 4. The van der Waals surface area contributed by atoms with Crippen molar-refractivity contribution in [1.29, 1.82) is 0 Å². The van der Waals surface area contributed by atoms with E-state index >= 15 is 0 Å². The van der Waals surface area contributed by atoms with Gasteiger partial charge in [-0.1, -0.05) is 0 Å². The van der Waals surface area contributed by atoms with Crippen LogP contribution in [0.2, 0.25) is 0 Å². The molecule has 1 N–H and O–H groups in total. The minimum absolute atomic E-state index is 0.272. The van der Waals surface area contributed by atoms with Crippen LogP contribution < -0.4 is 5.32 Å². The fourth-order valence-electron chi connectivity index (χ4n) is 2.85. The first kappa shape index (κ1) is 20.0. The zero-order chi connectivity index (χ0) is 19.5. The molecule has 0 aliphatic carbocycles. The van der Waals surface area contributed by atoms with Gasteiger partial charge in [-0.15, -0.1) is 0 Å². The van der Waals surface area contributed by atoms with E-state index in [2.05, 4.69) is 5.32 Å². The molecule has 0 radical (unpaired) electrons. The number of rotatable bonds is 3. The van der Waals surface area contributed by atoms with Crippen molar-refractivity contribution in [3.63, 3.8) is 0 Å². The number of hydrogen-bond donors (Lipinski definition) is 1. The molecular weight excluding hydrogens is 342 g/mol. The Balaban J connectivity index is 1.80. The molecule has 9 heteroatoms. The number of amides is 4. The molecule has 2 aliphatic rings. The Kier molecular flexibility index (Phi) is 6.09. The van der Waals surface area contributed by atoms with E-state index in [1.54, 1.807) is 25.7 Å². The summed E-state index contributed by atoms with van der Waals surface area (Å²) in [4.78, 5) is 50.6. The first-order chi connectivity index (χ1) is 12.1. The molecule has 26 heavy (non-hydrogen) atoms. The van der Waals surface area contributed by atoms with Gasteiger partial charge in [0.2, 0.25) is 0 Å². The Bertz CT molecular complexity index is 578. The average molecular weight is 369 g/mol. The second kappa shape index (κ2) is 7.92. The molecule has 0 unspecified atom stereocenters. The Morgan fingerprint density at radius 3 is 2.27 bits per heavy atom. The number of nitrogens with one attached hydrogen (secondary N) is 1. The maximum absolute atomic E-state index is 12.3. The van der Waals surface area contributed by atoms with Gasteiger partial charge in [0, 0.05) is 26.2 Å². The minimum atomic E-state index is -1.02. The number of imide groups is 1. The van der Waals surface area contributed by atoms with Crippen molar-refractivity contribution in [2.24, 2.45) is 5.92 Å². The van der Waals surface area contributed by atoms with E-state index in [1.165, 1.54) is 6.92 Å². The SMILES string of the molecule is C[C@@H](OC(=O)C1CCN(C(=O)OC(C)(C)C)CC1)C(=O)N1CCNC1=O. The van der Waals surface area contributed by atoms with Gasteiger partial charge in [0.05, 0.1) is 5.92 Å².